The van der Waals surface area contributed by atoms with Gasteiger partial charge in [-0.15, -0.1) is 0 Å². The summed E-state index contributed by atoms with van der Waals surface area (Å²) < 4.78 is 5.96. The minimum Gasteiger partial charge on any atom is -0.507 e. The number of phenols is 1. The van der Waals surface area contributed by atoms with Gasteiger partial charge in [0.25, 0.3) is 0 Å². The molecule has 0 atom stereocenters. The third-order valence-corrected chi connectivity index (χ3v) is 4.16. The molecule has 0 fully saturated rings. The van der Waals surface area contributed by atoms with Gasteiger partial charge in [-0.2, -0.15) is 0 Å². The molecule has 4 nitrogen and oxygen atoms in total. The summed E-state index contributed by atoms with van der Waals surface area (Å²) in [6.45, 7) is 0. The van der Waals surface area contributed by atoms with Crippen molar-refractivity contribution in [1.29, 1.82) is 0 Å². The predicted molar refractivity (Wildman–Crippen MR) is 96.6 cm³/mol. The number of ether oxygens (including phenoxy) is 1. The van der Waals surface area contributed by atoms with Gasteiger partial charge in [0.1, 0.15) is 17.2 Å². The van der Waals surface area contributed by atoms with E-state index in [0.717, 1.165) is 10.8 Å². The van der Waals surface area contributed by atoms with E-state index in [9.17, 15) is 15.0 Å². The zero-order valence-corrected chi connectivity index (χ0v) is 13.1. The molecule has 0 heterocycles. The molecule has 0 radical (unpaired) electrons. The van der Waals surface area contributed by atoms with E-state index in [4.69, 9.17) is 4.74 Å². The Kier molecular flexibility index (Phi) is 3.51. The van der Waals surface area contributed by atoms with Crippen LogP contribution in [0.15, 0.2) is 72.8 Å². The maximum Gasteiger partial charge on any atom is 0.336 e. The summed E-state index contributed by atoms with van der Waals surface area (Å²) in [5.41, 5.74) is 0.226. The highest BCUT2D eigenvalue weighted by molar-refractivity contribution is 6.05. The number of benzene rings is 4. The molecule has 4 aromatic rings. The Bertz CT molecular complexity index is 1120. The molecular weight excluding hydrogens is 316 g/mol. The molecule has 0 aliphatic carbocycles. The van der Waals surface area contributed by atoms with Gasteiger partial charge in [0, 0.05) is 16.8 Å². The SMILES string of the molecule is O=C(O)c1ccc(Oc2cc(O)c3ccccc3c2)c2ccccc12. The summed E-state index contributed by atoms with van der Waals surface area (Å²) in [5, 5.41) is 22.5. The Balaban J connectivity index is 1.84. The summed E-state index contributed by atoms with van der Waals surface area (Å²) in [6, 6.07) is 21.2. The Morgan fingerprint density at radius 3 is 2.24 bits per heavy atom. The van der Waals surface area contributed by atoms with Crippen molar-refractivity contribution < 1.29 is 19.7 Å². The predicted octanol–water partition coefficient (Wildman–Crippen LogP) is 5.19. The van der Waals surface area contributed by atoms with Crippen LogP contribution in [0.5, 0.6) is 17.2 Å². The molecule has 0 amide bonds. The quantitative estimate of drug-likeness (QED) is 0.542. The van der Waals surface area contributed by atoms with Gasteiger partial charge in [-0.3, -0.25) is 0 Å². The molecule has 4 aromatic carbocycles. The third-order valence-electron chi connectivity index (χ3n) is 4.16. The summed E-state index contributed by atoms with van der Waals surface area (Å²) in [4.78, 5) is 11.4. The number of rotatable bonds is 3. The molecule has 0 aliphatic rings. The Labute approximate surface area is 143 Å². The zero-order chi connectivity index (χ0) is 17.4. The number of aromatic carboxylic acids is 1. The van der Waals surface area contributed by atoms with Gasteiger partial charge in [-0.25, -0.2) is 4.79 Å². The second-order valence-electron chi connectivity index (χ2n) is 5.73. The van der Waals surface area contributed by atoms with Crippen LogP contribution in [0.2, 0.25) is 0 Å². The van der Waals surface area contributed by atoms with E-state index in [2.05, 4.69) is 0 Å². The van der Waals surface area contributed by atoms with E-state index in [1.165, 1.54) is 6.07 Å². The van der Waals surface area contributed by atoms with Gasteiger partial charge in [0.15, 0.2) is 0 Å². The largest absolute Gasteiger partial charge is 0.507 e. The minimum absolute atomic E-state index is 0.138. The zero-order valence-electron chi connectivity index (χ0n) is 13.1. The number of carbonyl (C=O) groups is 1. The third kappa shape index (κ3) is 2.64. The standard InChI is InChI=1S/C21H14O4/c22-19-12-14(11-13-5-1-2-6-15(13)19)25-20-10-9-18(21(23)24)16-7-3-4-8-17(16)20/h1-12,22H,(H,23,24). The molecule has 0 saturated heterocycles. The number of carboxylic acids is 1. The van der Waals surface area contributed by atoms with Crippen molar-refractivity contribution in [3.8, 4) is 17.2 Å². The second kappa shape index (κ2) is 5.83. The summed E-state index contributed by atoms with van der Waals surface area (Å²) in [7, 11) is 0. The van der Waals surface area contributed by atoms with Gasteiger partial charge in [0.05, 0.1) is 5.56 Å². The highest BCUT2D eigenvalue weighted by Crippen LogP contribution is 2.36. The molecule has 4 heteroatoms. The normalized spacial score (nSPS) is 10.9. The highest BCUT2D eigenvalue weighted by atomic mass is 16.5. The number of fused-ring (bicyclic) bond motifs is 2. The van der Waals surface area contributed by atoms with Crippen molar-refractivity contribution >= 4 is 27.5 Å². The molecule has 122 valence electrons. The highest BCUT2D eigenvalue weighted by Gasteiger charge is 2.13. The first-order valence-electron chi connectivity index (χ1n) is 7.78. The van der Waals surface area contributed by atoms with Gasteiger partial charge in [0.2, 0.25) is 0 Å². The van der Waals surface area contributed by atoms with Crippen LogP contribution in [0.25, 0.3) is 21.5 Å². The van der Waals surface area contributed by atoms with Crippen LogP contribution in [0.3, 0.4) is 0 Å². The van der Waals surface area contributed by atoms with Gasteiger partial charge in [-0.1, -0.05) is 48.5 Å². The van der Waals surface area contributed by atoms with Crippen LogP contribution in [0.4, 0.5) is 0 Å². The van der Waals surface area contributed by atoms with Crippen LogP contribution in [-0.2, 0) is 0 Å². The van der Waals surface area contributed by atoms with Crippen molar-refractivity contribution in [2.45, 2.75) is 0 Å². The minimum atomic E-state index is -0.980. The lowest BCUT2D eigenvalue weighted by Crippen LogP contribution is -1.98. The average molecular weight is 330 g/mol. The fourth-order valence-electron chi connectivity index (χ4n) is 3.00. The van der Waals surface area contributed by atoms with Gasteiger partial charge in [-0.05, 0) is 29.0 Å². The van der Waals surface area contributed by atoms with E-state index < -0.39 is 5.97 Å². The number of hydrogen-bond acceptors (Lipinski definition) is 3. The van der Waals surface area contributed by atoms with Crippen LogP contribution < -0.4 is 4.74 Å². The molecule has 0 saturated carbocycles. The van der Waals surface area contributed by atoms with Gasteiger partial charge >= 0.3 is 5.97 Å². The molecule has 0 aliphatic heterocycles. The lowest BCUT2D eigenvalue weighted by Gasteiger charge is -2.12. The molecule has 0 spiro atoms. The van der Waals surface area contributed by atoms with Crippen LogP contribution in [-0.4, -0.2) is 16.2 Å². The molecule has 0 unspecified atom stereocenters. The molecule has 4 rings (SSSR count). The Morgan fingerprint density at radius 2 is 1.48 bits per heavy atom. The van der Waals surface area contributed by atoms with Crippen molar-refractivity contribution in [1.82, 2.24) is 0 Å². The lowest BCUT2D eigenvalue weighted by atomic mass is 10.0. The first-order valence-corrected chi connectivity index (χ1v) is 7.78. The van der Waals surface area contributed by atoms with E-state index in [1.54, 1.807) is 24.3 Å². The molecule has 2 N–H and O–H groups in total. The first kappa shape index (κ1) is 15.0. The fraction of sp³-hybridized carbons (Fsp3) is 0. The first-order chi connectivity index (χ1) is 12.1. The van der Waals surface area contributed by atoms with Crippen molar-refractivity contribution in [2.75, 3.05) is 0 Å². The second-order valence-corrected chi connectivity index (χ2v) is 5.73. The Hall–Kier alpha value is -3.53. The maximum atomic E-state index is 11.4. The van der Waals surface area contributed by atoms with Crippen LogP contribution in [0, 0.1) is 0 Å². The summed E-state index contributed by atoms with van der Waals surface area (Å²) in [6.07, 6.45) is 0. The molecule has 0 bridgehead atoms. The van der Waals surface area contributed by atoms with Crippen LogP contribution >= 0.6 is 0 Å². The number of hydrogen-bond donors (Lipinski definition) is 2. The lowest BCUT2D eigenvalue weighted by molar-refractivity contribution is 0.0699. The fourth-order valence-corrected chi connectivity index (χ4v) is 3.00. The van der Waals surface area contributed by atoms with Crippen molar-refractivity contribution in [2.24, 2.45) is 0 Å². The van der Waals surface area contributed by atoms with Gasteiger partial charge < -0.3 is 14.9 Å². The summed E-state index contributed by atoms with van der Waals surface area (Å²) in [5.74, 6) is 0.186. The maximum absolute atomic E-state index is 11.4. The topological polar surface area (TPSA) is 66.8 Å². The Morgan fingerprint density at radius 1 is 0.800 bits per heavy atom. The molecule has 25 heavy (non-hydrogen) atoms. The molecular formula is C21H14O4. The number of phenolic OH excluding ortho intramolecular Hbond substituents is 1. The average Bonchev–Trinajstić information content (AvgIpc) is 2.62. The van der Waals surface area contributed by atoms with Crippen molar-refractivity contribution in [3.63, 3.8) is 0 Å². The van der Waals surface area contributed by atoms with E-state index in [-0.39, 0.29) is 11.3 Å². The van der Waals surface area contributed by atoms with Crippen molar-refractivity contribution in [3.05, 3.63) is 78.4 Å². The van der Waals surface area contributed by atoms with E-state index >= 15 is 0 Å². The van der Waals surface area contributed by atoms with Crippen LogP contribution in [0.1, 0.15) is 10.4 Å². The monoisotopic (exact) mass is 330 g/mol. The number of carboxylic acid groups (broad SMARTS) is 1. The number of aromatic hydroxyl groups is 1. The van der Waals surface area contributed by atoms with E-state index in [1.807, 2.05) is 42.5 Å². The smallest absolute Gasteiger partial charge is 0.336 e. The van der Waals surface area contributed by atoms with E-state index in [0.29, 0.717) is 22.3 Å². The summed E-state index contributed by atoms with van der Waals surface area (Å²) >= 11 is 0. The molecule has 0 aromatic heterocycles.